The minimum absolute atomic E-state index is 0.273. The van der Waals surface area contributed by atoms with Gasteiger partial charge in [-0.25, -0.2) is 4.98 Å². The first-order valence-electron chi connectivity index (χ1n) is 3.68. The van der Waals surface area contributed by atoms with E-state index in [9.17, 15) is 4.79 Å². The molecule has 0 amide bonds. The van der Waals surface area contributed by atoms with Crippen LogP contribution in [0.25, 0.3) is 0 Å². The van der Waals surface area contributed by atoms with Crippen molar-refractivity contribution in [2.45, 2.75) is 13.3 Å². The number of hydrogen-bond acceptors (Lipinski definition) is 2. The summed E-state index contributed by atoms with van der Waals surface area (Å²) in [6, 6.07) is 3.78. The molecule has 12 heavy (non-hydrogen) atoms. The van der Waals surface area contributed by atoms with Gasteiger partial charge in [-0.1, -0.05) is 12.0 Å². The average molecular weight is 159 g/mol. The molecule has 2 heteroatoms. The van der Waals surface area contributed by atoms with Gasteiger partial charge in [0.2, 0.25) is 0 Å². The van der Waals surface area contributed by atoms with E-state index in [1.54, 1.807) is 6.20 Å². The van der Waals surface area contributed by atoms with Crippen LogP contribution < -0.4 is 0 Å². The summed E-state index contributed by atoms with van der Waals surface area (Å²) >= 11 is 0. The van der Waals surface area contributed by atoms with Gasteiger partial charge in [-0.15, -0.1) is 0 Å². The fourth-order valence-corrected chi connectivity index (χ4v) is 0.725. The molecular weight excluding hydrogens is 150 g/mol. The van der Waals surface area contributed by atoms with Crippen molar-refractivity contribution in [1.82, 2.24) is 4.98 Å². The maximum atomic E-state index is 9.93. The quantitative estimate of drug-likeness (QED) is 0.457. The number of carbonyl (C=O) groups excluding carboxylic acids is 1. The van der Waals surface area contributed by atoms with E-state index in [0.717, 1.165) is 11.8 Å². The molecule has 1 aromatic heterocycles. The number of aryl methyl sites for hydroxylation is 1. The molecular formula is C10H9NO. The van der Waals surface area contributed by atoms with Crippen LogP contribution in [0.2, 0.25) is 0 Å². The molecule has 1 rings (SSSR count). The molecule has 0 saturated carbocycles. The lowest BCUT2D eigenvalue weighted by Crippen LogP contribution is -1.81. The molecule has 0 aliphatic carbocycles. The van der Waals surface area contributed by atoms with Gasteiger partial charge in [0, 0.05) is 6.20 Å². The maximum absolute atomic E-state index is 9.93. The van der Waals surface area contributed by atoms with Crippen molar-refractivity contribution in [2.24, 2.45) is 0 Å². The van der Waals surface area contributed by atoms with Crippen molar-refractivity contribution in [3.8, 4) is 11.8 Å². The van der Waals surface area contributed by atoms with E-state index in [1.165, 1.54) is 0 Å². The van der Waals surface area contributed by atoms with E-state index in [0.29, 0.717) is 5.69 Å². The Morgan fingerprint density at radius 3 is 3.00 bits per heavy atom. The van der Waals surface area contributed by atoms with Crippen LogP contribution in [0, 0.1) is 18.8 Å². The van der Waals surface area contributed by atoms with Crippen molar-refractivity contribution in [3.63, 3.8) is 0 Å². The third-order valence-electron chi connectivity index (χ3n) is 1.31. The predicted molar refractivity (Wildman–Crippen MR) is 46.5 cm³/mol. The molecule has 0 atom stereocenters. The Labute approximate surface area is 71.6 Å². The zero-order valence-corrected chi connectivity index (χ0v) is 6.87. The minimum Gasteiger partial charge on any atom is -0.302 e. The molecule has 0 aliphatic rings. The third kappa shape index (κ3) is 2.55. The highest BCUT2D eigenvalue weighted by atomic mass is 16.1. The van der Waals surface area contributed by atoms with Crippen LogP contribution in [-0.4, -0.2) is 11.3 Å². The van der Waals surface area contributed by atoms with E-state index >= 15 is 0 Å². The van der Waals surface area contributed by atoms with E-state index in [-0.39, 0.29) is 6.42 Å². The fourth-order valence-electron chi connectivity index (χ4n) is 0.725. The monoisotopic (exact) mass is 159 g/mol. The first-order valence-corrected chi connectivity index (χ1v) is 3.68. The Bertz CT molecular complexity index is 316. The number of nitrogens with zero attached hydrogens (tertiary/aromatic N) is 1. The third-order valence-corrected chi connectivity index (χ3v) is 1.31. The second-order valence-corrected chi connectivity index (χ2v) is 2.39. The Kier molecular flexibility index (Phi) is 3.04. The van der Waals surface area contributed by atoms with Crippen LogP contribution in [-0.2, 0) is 4.79 Å². The van der Waals surface area contributed by atoms with E-state index < -0.39 is 0 Å². The Hall–Kier alpha value is -1.62. The molecule has 1 heterocycles. The molecule has 0 radical (unpaired) electrons. The van der Waals surface area contributed by atoms with Gasteiger partial charge in [-0.3, -0.25) is 0 Å². The molecule has 0 unspecified atom stereocenters. The lowest BCUT2D eigenvalue weighted by Gasteiger charge is -1.89. The Morgan fingerprint density at radius 1 is 1.58 bits per heavy atom. The number of hydrogen-bond donors (Lipinski definition) is 0. The molecule has 0 bridgehead atoms. The van der Waals surface area contributed by atoms with Gasteiger partial charge in [-0.05, 0) is 24.5 Å². The van der Waals surface area contributed by atoms with Crippen LogP contribution in [0.1, 0.15) is 17.7 Å². The number of rotatable bonds is 1. The van der Waals surface area contributed by atoms with E-state index in [1.807, 2.05) is 19.1 Å². The molecule has 0 aromatic carbocycles. The van der Waals surface area contributed by atoms with Gasteiger partial charge in [-0.2, -0.15) is 0 Å². The molecule has 0 fully saturated rings. The first-order chi connectivity index (χ1) is 5.83. The van der Waals surface area contributed by atoms with Crippen LogP contribution in [0.15, 0.2) is 18.3 Å². The van der Waals surface area contributed by atoms with Gasteiger partial charge in [0.15, 0.2) is 0 Å². The Morgan fingerprint density at radius 2 is 2.42 bits per heavy atom. The van der Waals surface area contributed by atoms with Crippen molar-refractivity contribution in [3.05, 3.63) is 29.6 Å². The lowest BCUT2D eigenvalue weighted by molar-refractivity contribution is -0.107. The SMILES string of the molecule is Cc1ccc(C#CCC=O)nc1. The summed E-state index contributed by atoms with van der Waals surface area (Å²) < 4.78 is 0. The number of aldehydes is 1. The molecule has 2 nitrogen and oxygen atoms in total. The van der Waals surface area contributed by atoms with Gasteiger partial charge in [0.25, 0.3) is 0 Å². The lowest BCUT2D eigenvalue weighted by atomic mass is 10.3. The van der Waals surface area contributed by atoms with Crippen LogP contribution in [0.5, 0.6) is 0 Å². The second-order valence-electron chi connectivity index (χ2n) is 2.39. The van der Waals surface area contributed by atoms with Gasteiger partial charge >= 0.3 is 0 Å². The fraction of sp³-hybridized carbons (Fsp3) is 0.200. The molecule has 0 aliphatic heterocycles. The van der Waals surface area contributed by atoms with Crippen LogP contribution in [0.3, 0.4) is 0 Å². The number of pyridine rings is 1. The largest absolute Gasteiger partial charge is 0.302 e. The number of aromatic nitrogens is 1. The summed E-state index contributed by atoms with van der Waals surface area (Å²) in [5, 5.41) is 0. The topological polar surface area (TPSA) is 30.0 Å². The van der Waals surface area contributed by atoms with Crippen molar-refractivity contribution in [1.29, 1.82) is 0 Å². The van der Waals surface area contributed by atoms with E-state index in [2.05, 4.69) is 16.8 Å². The highest BCUT2D eigenvalue weighted by Crippen LogP contribution is 1.95. The molecule has 0 saturated heterocycles. The summed E-state index contributed by atoms with van der Waals surface area (Å²) in [5.74, 6) is 5.47. The summed E-state index contributed by atoms with van der Waals surface area (Å²) in [6.45, 7) is 1.97. The zero-order valence-electron chi connectivity index (χ0n) is 6.87. The normalized spacial score (nSPS) is 8.42. The van der Waals surface area contributed by atoms with Crippen molar-refractivity contribution < 1.29 is 4.79 Å². The number of carbonyl (C=O) groups is 1. The van der Waals surface area contributed by atoms with Gasteiger partial charge in [0.05, 0.1) is 6.42 Å². The maximum Gasteiger partial charge on any atom is 0.131 e. The smallest absolute Gasteiger partial charge is 0.131 e. The molecule has 0 spiro atoms. The van der Waals surface area contributed by atoms with Crippen molar-refractivity contribution in [2.75, 3.05) is 0 Å². The molecule has 0 N–H and O–H groups in total. The van der Waals surface area contributed by atoms with Crippen LogP contribution >= 0.6 is 0 Å². The molecule has 60 valence electrons. The summed E-state index contributed by atoms with van der Waals surface area (Å²) in [5.41, 5.74) is 1.82. The highest BCUT2D eigenvalue weighted by Gasteiger charge is 1.85. The van der Waals surface area contributed by atoms with E-state index in [4.69, 9.17) is 0 Å². The summed E-state index contributed by atoms with van der Waals surface area (Å²) in [7, 11) is 0. The standard InChI is InChI=1S/C10H9NO/c1-9-5-6-10(11-8-9)4-2-3-7-12/h5-8H,3H2,1H3. The van der Waals surface area contributed by atoms with Gasteiger partial charge < -0.3 is 4.79 Å². The zero-order chi connectivity index (χ0) is 8.81. The van der Waals surface area contributed by atoms with Gasteiger partial charge in [0.1, 0.15) is 12.0 Å². The molecule has 1 aromatic rings. The Balaban J connectivity index is 2.72. The highest BCUT2D eigenvalue weighted by molar-refractivity contribution is 5.54. The predicted octanol–water partition coefficient (Wildman–Crippen LogP) is 1.33. The summed E-state index contributed by atoms with van der Waals surface area (Å²) in [6.07, 6.45) is 2.81. The van der Waals surface area contributed by atoms with Crippen LogP contribution in [0.4, 0.5) is 0 Å². The average Bonchev–Trinajstić information content (AvgIpc) is 2.09. The summed E-state index contributed by atoms with van der Waals surface area (Å²) in [4.78, 5) is 14.0. The minimum atomic E-state index is 0.273. The van der Waals surface area contributed by atoms with Crippen molar-refractivity contribution >= 4 is 6.29 Å². The first kappa shape index (κ1) is 8.48. The second kappa shape index (κ2) is 4.30.